The Labute approximate surface area is 381 Å². The van der Waals surface area contributed by atoms with Gasteiger partial charge in [-0.1, -0.05) is 6.92 Å². The highest BCUT2D eigenvalue weighted by Gasteiger charge is 2.40. The number of carbonyl (C=O) groups is 7. The highest BCUT2D eigenvalue weighted by Crippen LogP contribution is 2.29. The molecule has 0 spiro atoms. The van der Waals surface area contributed by atoms with Crippen molar-refractivity contribution in [3.05, 3.63) is 0 Å². The van der Waals surface area contributed by atoms with Crippen molar-refractivity contribution in [2.24, 2.45) is 10.8 Å². The van der Waals surface area contributed by atoms with Crippen molar-refractivity contribution in [3.8, 4) is 6.01 Å². The minimum absolute atomic E-state index is 0.0104. The Morgan fingerprint density at radius 3 is 1.54 bits per heavy atom. The third-order valence-corrected chi connectivity index (χ3v) is 10.5. The molecule has 1 atom stereocenters. The average Bonchev–Trinajstić information content (AvgIpc) is 3.69. The molecule has 2 fully saturated rings. The molecule has 1 aromatic rings. The van der Waals surface area contributed by atoms with E-state index >= 15 is 0 Å². The van der Waals surface area contributed by atoms with Crippen LogP contribution in [0.3, 0.4) is 0 Å². The van der Waals surface area contributed by atoms with E-state index in [2.05, 4.69) is 30.9 Å². The molecule has 5 amide bonds. The van der Waals surface area contributed by atoms with Crippen LogP contribution in [0, 0.1) is 10.8 Å². The lowest BCUT2D eigenvalue weighted by Crippen LogP contribution is -2.39. The van der Waals surface area contributed by atoms with Gasteiger partial charge in [0.15, 0.2) is 0 Å². The van der Waals surface area contributed by atoms with Crippen LogP contribution in [-0.4, -0.2) is 136 Å². The lowest BCUT2D eigenvalue weighted by atomic mass is 9.90. The third kappa shape index (κ3) is 18.7. The summed E-state index contributed by atoms with van der Waals surface area (Å²) in [5.74, 6) is -3.11. The monoisotopic (exact) mass is 923 g/mol. The molecule has 0 aromatic carbocycles. The fraction of sp³-hybridized carbons (Fsp3) is 0.767. The normalized spacial score (nSPS) is 15.8. The van der Waals surface area contributed by atoms with Gasteiger partial charge < -0.3 is 49.3 Å². The predicted octanol–water partition coefficient (Wildman–Crippen LogP) is 4.42. The van der Waals surface area contributed by atoms with Gasteiger partial charge in [0.1, 0.15) is 12.2 Å². The fourth-order valence-electron chi connectivity index (χ4n) is 5.82. The first-order chi connectivity index (χ1) is 30.2. The molecule has 1 unspecified atom stereocenters. The number of hydrogen-bond donors (Lipinski definition) is 3. The molecular formula is C43H70N8O14. The Kier molecular flexibility index (Phi) is 19.8. The van der Waals surface area contributed by atoms with Crippen LogP contribution in [0.5, 0.6) is 6.01 Å². The highest BCUT2D eigenvalue weighted by molar-refractivity contribution is 6.02. The highest BCUT2D eigenvalue weighted by atomic mass is 16.7. The number of alkyl carbamates (subject to hydrolysis) is 1. The summed E-state index contributed by atoms with van der Waals surface area (Å²) in [4.78, 5) is 109. The standard InChI is InChI=1S/C43H70N8O14/c1-12-43(11,62-25-20-41(7,8)34(57)65-51-31(54)15-16-32(51)55)18-22-45-36-47-35(48-37(49-36)60-28-27-59-26-23-46-38(58)63-39(2,3)4)44-21-17-42(9,10)61-24-19-40(5,6)33(56)64-50-29(52)13-14-30(50)53/h12-28H2,1-11H3,(H,46,58)(H2,44,45,47,48,49). The molecule has 22 nitrogen and oxygen atoms in total. The molecule has 366 valence electrons. The predicted molar refractivity (Wildman–Crippen MR) is 232 cm³/mol. The van der Waals surface area contributed by atoms with Crippen LogP contribution in [-0.2, 0) is 57.4 Å². The van der Waals surface area contributed by atoms with Crippen LogP contribution >= 0.6 is 0 Å². The van der Waals surface area contributed by atoms with Crippen LogP contribution in [0.2, 0.25) is 0 Å². The van der Waals surface area contributed by atoms with E-state index in [0.717, 1.165) is 0 Å². The van der Waals surface area contributed by atoms with E-state index in [1.165, 1.54) is 0 Å². The van der Waals surface area contributed by atoms with Gasteiger partial charge >= 0.3 is 24.0 Å². The zero-order valence-electron chi connectivity index (χ0n) is 40.0. The van der Waals surface area contributed by atoms with E-state index in [-0.39, 0.29) is 96.0 Å². The number of nitrogens with one attached hydrogen (secondary N) is 3. The van der Waals surface area contributed by atoms with Crippen LogP contribution in [0.15, 0.2) is 0 Å². The number of carbonyl (C=O) groups excluding carboxylic acids is 7. The van der Waals surface area contributed by atoms with Gasteiger partial charge in [-0.05, 0) is 101 Å². The average molecular weight is 923 g/mol. The van der Waals surface area contributed by atoms with Gasteiger partial charge in [0.25, 0.3) is 23.6 Å². The molecule has 0 saturated carbocycles. The zero-order chi connectivity index (χ0) is 48.6. The lowest BCUT2D eigenvalue weighted by Gasteiger charge is -2.31. The molecule has 3 rings (SSSR count). The number of hydrogen-bond acceptors (Lipinski definition) is 19. The number of ether oxygens (including phenoxy) is 5. The summed E-state index contributed by atoms with van der Waals surface area (Å²) in [5.41, 5.74) is -3.93. The quantitative estimate of drug-likeness (QED) is 0.0775. The third-order valence-electron chi connectivity index (χ3n) is 10.5. The molecule has 2 aliphatic heterocycles. The van der Waals surface area contributed by atoms with Gasteiger partial charge in [-0.25, -0.2) is 14.4 Å². The summed E-state index contributed by atoms with van der Waals surface area (Å²) >= 11 is 0. The van der Waals surface area contributed by atoms with Gasteiger partial charge in [-0.2, -0.15) is 15.0 Å². The number of rotatable bonds is 28. The van der Waals surface area contributed by atoms with E-state index in [1.807, 2.05) is 27.7 Å². The van der Waals surface area contributed by atoms with Crippen molar-refractivity contribution in [2.45, 2.75) is 151 Å². The smallest absolute Gasteiger partial charge is 0.407 e. The van der Waals surface area contributed by atoms with Gasteiger partial charge in [0, 0.05) is 58.5 Å². The molecule has 2 saturated heterocycles. The molecule has 22 heteroatoms. The summed E-state index contributed by atoms with van der Waals surface area (Å²) in [7, 11) is 0. The van der Waals surface area contributed by atoms with Crippen LogP contribution < -0.4 is 20.7 Å². The van der Waals surface area contributed by atoms with Crippen molar-refractivity contribution >= 4 is 53.6 Å². The first kappa shape index (κ1) is 54.1. The summed E-state index contributed by atoms with van der Waals surface area (Å²) < 4.78 is 29.1. The van der Waals surface area contributed by atoms with Gasteiger partial charge in [0.05, 0.1) is 35.2 Å². The van der Waals surface area contributed by atoms with Crippen molar-refractivity contribution in [1.29, 1.82) is 0 Å². The van der Waals surface area contributed by atoms with Crippen molar-refractivity contribution < 1.29 is 66.9 Å². The van der Waals surface area contributed by atoms with Gasteiger partial charge in [-0.15, -0.1) is 10.1 Å². The van der Waals surface area contributed by atoms with E-state index in [4.69, 9.17) is 33.4 Å². The first-order valence-electron chi connectivity index (χ1n) is 22.1. The largest absolute Gasteiger partial charge is 0.461 e. The SMILES string of the molecule is CCC(C)(CCNc1nc(NCCC(C)(C)OCCC(C)(C)C(=O)ON2C(=O)CCC2=O)nc(OCCOCCNC(=O)OC(C)(C)C)n1)OCCC(C)(C)C(=O)ON1C(=O)CCC1=O. The van der Waals surface area contributed by atoms with Gasteiger partial charge in [0.2, 0.25) is 11.9 Å². The molecule has 3 heterocycles. The first-order valence-corrected chi connectivity index (χ1v) is 22.1. The Hall–Kier alpha value is -5.22. The molecular weight excluding hydrogens is 853 g/mol. The van der Waals surface area contributed by atoms with Crippen LogP contribution in [0.25, 0.3) is 0 Å². The minimum Gasteiger partial charge on any atom is -0.461 e. The summed E-state index contributed by atoms with van der Waals surface area (Å²) in [6.45, 7) is 21.6. The zero-order valence-corrected chi connectivity index (χ0v) is 40.0. The number of imide groups is 2. The molecule has 3 N–H and O–H groups in total. The van der Waals surface area contributed by atoms with E-state index in [1.54, 1.807) is 48.5 Å². The number of amides is 5. The second-order valence-electron chi connectivity index (χ2n) is 19.0. The minimum atomic E-state index is -1.03. The van der Waals surface area contributed by atoms with Crippen molar-refractivity contribution in [1.82, 2.24) is 30.4 Å². The number of aromatic nitrogens is 3. The molecule has 0 bridgehead atoms. The fourth-order valence-corrected chi connectivity index (χ4v) is 5.82. The topological polar surface area (TPSA) is 265 Å². The summed E-state index contributed by atoms with van der Waals surface area (Å²) in [6.07, 6.45) is 1.71. The van der Waals surface area contributed by atoms with Crippen molar-refractivity contribution in [2.75, 3.05) is 63.3 Å². The number of anilines is 2. The summed E-state index contributed by atoms with van der Waals surface area (Å²) in [6, 6.07) is 0.0309. The second kappa shape index (κ2) is 23.8. The Morgan fingerprint density at radius 1 is 0.585 bits per heavy atom. The Balaban J connectivity index is 1.56. The maximum absolute atomic E-state index is 12.8. The number of nitrogens with zero attached hydrogens (tertiary/aromatic N) is 5. The molecule has 1 aromatic heterocycles. The number of hydroxylamine groups is 4. The van der Waals surface area contributed by atoms with E-state index in [0.29, 0.717) is 42.5 Å². The van der Waals surface area contributed by atoms with Crippen molar-refractivity contribution in [3.63, 3.8) is 0 Å². The van der Waals surface area contributed by atoms with E-state index < -0.39 is 69.3 Å². The van der Waals surface area contributed by atoms with Gasteiger partial charge in [-0.3, -0.25) is 19.2 Å². The Bertz CT molecular complexity index is 1800. The second-order valence-corrected chi connectivity index (χ2v) is 19.0. The van der Waals surface area contributed by atoms with Crippen LogP contribution in [0.1, 0.15) is 134 Å². The lowest BCUT2D eigenvalue weighted by molar-refractivity contribution is -0.205. The summed E-state index contributed by atoms with van der Waals surface area (Å²) in [5, 5.41) is 10.1. The molecule has 65 heavy (non-hydrogen) atoms. The maximum atomic E-state index is 12.8. The maximum Gasteiger partial charge on any atom is 0.407 e. The molecule has 0 aliphatic carbocycles. The van der Waals surface area contributed by atoms with Crippen LogP contribution in [0.4, 0.5) is 16.7 Å². The van der Waals surface area contributed by atoms with E-state index in [9.17, 15) is 33.6 Å². The molecule has 2 aliphatic rings. The Morgan fingerprint density at radius 2 is 1.06 bits per heavy atom. The molecule has 0 radical (unpaired) electrons.